The van der Waals surface area contributed by atoms with Gasteiger partial charge in [-0.25, -0.2) is 4.79 Å². The van der Waals surface area contributed by atoms with Crippen LogP contribution in [0, 0.1) is 11.3 Å². The van der Waals surface area contributed by atoms with E-state index in [9.17, 15) is 10.1 Å². The van der Waals surface area contributed by atoms with E-state index in [4.69, 9.17) is 0 Å². The van der Waals surface area contributed by atoms with Crippen molar-refractivity contribution < 1.29 is 0 Å². The number of nitrogens with one attached hydrogen (secondary N) is 2. The van der Waals surface area contributed by atoms with E-state index in [1.165, 1.54) is 16.7 Å². The Kier molecular flexibility index (Phi) is 3.73. The summed E-state index contributed by atoms with van der Waals surface area (Å²) in [5.74, 6) is 0. The Morgan fingerprint density at radius 3 is 2.54 bits per heavy atom. The van der Waals surface area contributed by atoms with Crippen LogP contribution in [0.2, 0.25) is 0 Å². The van der Waals surface area contributed by atoms with Crippen LogP contribution in [-0.4, -0.2) is 9.97 Å². The molecule has 0 spiro atoms. The first-order valence-electron chi connectivity index (χ1n) is 9.27. The smallest absolute Gasteiger partial charge is 0.306 e. The van der Waals surface area contributed by atoms with Gasteiger partial charge in [-0.05, 0) is 76.6 Å². The fraction of sp³-hybridized carbons (Fsp3) is 0.0833. The van der Waals surface area contributed by atoms with Gasteiger partial charge in [-0.1, -0.05) is 36.4 Å². The number of nitrogens with zero attached hydrogens (tertiary/aromatic N) is 1. The van der Waals surface area contributed by atoms with Crippen molar-refractivity contribution in [3.8, 4) is 6.07 Å². The number of imidazole rings is 1. The summed E-state index contributed by atoms with van der Waals surface area (Å²) in [7, 11) is 0. The zero-order valence-corrected chi connectivity index (χ0v) is 15.1. The van der Waals surface area contributed by atoms with E-state index >= 15 is 0 Å². The van der Waals surface area contributed by atoms with Gasteiger partial charge in [0, 0.05) is 0 Å². The number of nitriles is 1. The van der Waals surface area contributed by atoms with Crippen molar-refractivity contribution in [3.05, 3.63) is 105 Å². The first-order chi connectivity index (χ1) is 13.7. The summed E-state index contributed by atoms with van der Waals surface area (Å²) >= 11 is 0. The lowest BCUT2D eigenvalue weighted by Crippen LogP contribution is -1.99. The van der Waals surface area contributed by atoms with Gasteiger partial charge >= 0.3 is 5.69 Å². The Bertz CT molecular complexity index is 1350. The third kappa shape index (κ3) is 2.74. The summed E-state index contributed by atoms with van der Waals surface area (Å²) in [6.07, 6.45) is 4.02. The van der Waals surface area contributed by atoms with Crippen LogP contribution in [0.25, 0.3) is 22.7 Å². The largest absolute Gasteiger partial charge is 0.323 e. The number of benzene rings is 3. The van der Waals surface area contributed by atoms with Gasteiger partial charge in [0.15, 0.2) is 0 Å². The number of aromatic nitrogens is 2. The molecule has 4 nitrogen and oxygen atoms in total. The molecule has 0 unspecified atom stereocenters. The maximum atomic E-state index is 11.6. The Balaban J connectivity index is 1.75. The average molecular weight is 363 g/mol. The van der Waals surface area contributed by atoms with Crippen molar-refractivity contribution in [3.63, 3.8) is 0 Å². The number of aromatic amines is 2. The molecule has 134 valence electrons. The van der Waals surface area contributed by atoms with E-state index < -0.39 is 0 Å². The molecule has 5 rings (SSSR count). The zero-order valence-electron chi connectivity index (χ0n) is 15.1. The average Bonchev–Trinajstić information content (AvgIpc) is 3.02. The minimum Gasteiger partial charge on any atom is -0.306 e. The molecule has 0 saturated heterocycles. The lowest BCUT2D eigenvalue weighted by atomic mass is 9.91. The highest BCUT2D eigenvalue weighted by molar-refractivity contribution is 5.95. The van der Waals surface area contributed by atoms with Crippen LogP contribution in [0.4, 0.5) is 0 Å². The second-order valence-corrected chi connectivity index (χ2v) is 7.08. The second kappa shape index (κ2) is 6.40. The summed E-state index contributed by atoms with van der Waals surface area (Å²) in [6.45, 7) is 0. The molecule has 28 heavy (non-hydrogen) atoms. The summed E-state index contributed by atoms with van der Waals surface area (Å²) in [6, 6.07) is 22.6. The van der Waals surface area contributed by atoms with Gasteiger partial charge in [0.05, 0.1) is 22.7 Å². The second-order valence-electron chi connectivity index (χ2n) is 7.08. The molecule has 0 radical (unpaired) electrons. The molecule has 1 aliphatic rings. The van der Waals surface area contributed by atoms with Crippen molar-refractivity contribution >= 4 is 22.7 Å². The van der Waals surface area contributed by atoms with Gasteiger partial charge in [0.2, 0.25) is 0 Å². The summed E-state index contributed by atoms with van der Waals surface area (Å²) in [5, 5.41) is 9.29. The van der Waals surface area contributed by atoms with Crippen LogP contribution in [-0.2, 0) is 12.8 Å². The molecule has 1 heterocycles. The third-order valence-corrected chi connectivity index (χ3v) is 5.35. The molecule has 3 aromatic carbocycles. The molecule has 0 aliphatic heterocycles. The van der Waals surface area contributed by atoms with Crippen LogP contribution in [0.1, 0.15) is 33.4 Å². The quantitative estimate of drug-likeness (QED) is 0.526. The molecular weight excluding hydrogens is 346 g/mol. The normalized spacial score (nSPS) is 14.3. The maximum absolute atomic E-state index is 11.6. The van der Waals surface area contributed by atoms with Crippen LogP contribution in [0.5, 0.6) is 0 Å². The van der Waals surface area contributed by atoms with Crippen molar-refractivity contribution in [2.24, 2.45) is 0 Å². The van der Waals surface area contributed by atoms with Gasteiger partial charge < -0.3 is 9.97 Å². The minimum absolute atomic E-state index is 0.200. The fourth-order valence-electron chi connectivity index (χ4n) is 4.01. The monoisotopic (exact) mass is 363 g/mol. The van der Waals surface area contributed by atoms with Gasteiger partial charge in [0.1, 0.15) is 0 Å². The van der Waals surface area contributed by atoms with Crippen LogP contribution in [0.15, 0.2) is 65.5 Å². The molecule has 0 saturated carbocycles. The van der Waals surface area contributed by atoms with E-state index in [-0.39, 0.29) is 5.69 Å². The lowest BCUT2D eigenvalue weighted by molar-refractivity contribution is 0.964. The van der Waals surface area contributed by atoms with E-state index in [0.29, 0.717) is 5.56 Å². The predicted molar refractivity (Wildman–Crippen MR) is 111 cm³/mol. The van der Waals surface area contributed by atoms with Gasteiger partial charge in [-0.2, -0.15) is 5.26 Å². The number of fused-ring (bicyclic) bond motifs is 3. The molecule has 4 heteroatoms. The molecule has 1 aliphatic carbocycles. The van der Waals surface area contributed by atoms with Crippen LogP contribution >= 0.6 is 0 Å². The van der Waals surface area contributed by atoms with Crippen molar-refractivity contribution in [1.29, 1.82) is 5.26 Å². The molecule has 1 aromatic heterocycles. The topological polar surface area (TPSA) is 72.4 Å². The number of hydrogen-bond acceptors (Lipinski definition) is 2. The zero-order chi connectivity index (χ0) is 19.1. The molecule has 0 fully saturated rings. The highest BCUT2D eigenvalue weighted by atomic mass is 16.1. The first-order valence-corrected chi connectivity index (χ1v) is 9.27. The molecule has 0 atom stereocenters. The van der Waals surface area contributed by atoms with Gasteiger partial charge in [-0.3, -0.25) is 0 Å². The van der Waals surface area contributed by atoms with E-state index in [0.717, 1.165) is 40.6 Å². The summed E-state index contributed by atoms with van der Waals surface area (Å²) in [4.78, 5) is 17.2. The van der Waals surface area contributed by atoms with Crippen molar-refractivity contribution in [1.82, 2.24) is 9.97 Å². The highest BCUT2D eigenvalue weighted by Gasteiger charge is 2.18. The SMILES string of the molecule is N#Cc1ccc2c(c1)CCc1ccccc1C2=Cc1ccc2[nH]c(=O)[nH]c2c1. The van der Waals surface area contributed by atoms with Crippen LogP contribution in [0.3, 0.4) is 0 Å². The molecule has 2 N–H and O–H groups in total. The number of hydrogen-bond donors (Lipinski definition) is 2. The maximum Gasteiger partial charge on any atom is 0.323 e. The first kappa shape index (κ1) is 16.3. The Morgan fingerprint density at radius 2 is 1.64 bits per heavy atom. The molecule has 0 amide bonds. The molecule has 4 aromatic rings. The standard InChI is InChI=1S/C24H17N3O/c25-14-16-5-9-20-18(11-16)8-7-17-3-1-2-4-19(17)21(20)12-15-6-10-22-23(13-15)27-24(28)26-22/h1-6,9-13H,7-8H2,(H2,26,27,28). The predicted octanol–water partition coefficient (Wildman–Crippen LogP) is 4.42. The summed E-state index contributed by atoms with van der Waals surface area (Å²) < 4.78 is 0. The van der Waals surface area contributed by atoms with E-state index in [1.54, 1.807) is 0 Å². The van der Waals surface area contributed by atoms with E-state index in [2.05, 4.69) is 52.4 Å². The van der Waals surface area contributed by atoms with Gasteiger partial charge in [-0.15, -0.1) is 0 Å². The Hall–Kier alpha value is -3.84. The highest BCUT2D eigenvalue weighted by Crippen LogP contribution is 2.35. The summed E-state index contributed by atoms with van der Waals surface area (Å²) in [5.41, 5.74) is 9.12. The van der Waals surface area contributed by atoms with Crippen molar-refractivity contribution in [2.75, 3.05) is 0 Å². The lowest BCUT2D eigenvalue weighted by Gasteiger charge is -2.12. The Labute approximate surface area is 161 Å². The third-order valence-electron chi connectivity index (χ3n) is 5.35. The Morgan fingerprint density at radius 1 is 0.857 bits per heavy atom. The van der Waals surface area contributed by atoms with E-state index in [1.807, 2.05) is 30.3 Å². The minimum atomic E-state index is -0.200. The molecule has 0 bridgehead atoms. The van der Waals surface area contributed by atoms with Crippen LogP contribution < -0.4 is 5.69 Å². The fourth-order valence-corrected chi connectivity index (χ4v) is 4.01. The van der Waals surface area contributed by atoms with Gasteiger partial charge in [0.25, 0.3) is 0 Å². The number of aryl methyl sites for hydroxylation is 2. The van der Waals surface area contributed by atoms with Crippen molar-refractivity contribution in [2.45, 2.75) is 12.8 Å². The number of rotatable bonds is 1. The number of H-pyrrole nitrogens is 2. The molecular formula is C24H17N3O.